The van der Waals surface area contributed by atoms with E-state index in [1.807, 2.05) is 31.2 Å². The third-order valence-corrected chi connectivity index (χ3v) is 3.26. The van der Waals surface area contributed by atoms with Gasteiger partial charge in [0, 0.05) is 11.6 Å². The van der Waals surface area contributed by atoms with Gasteiger partial charge in [0.1, 0.15) is 5.76 Å². The Balaban J connectivity index is 0.00000288. The Kier molecular flexibility index (Phi) is 8.62. The van der Waals surface area contributed by atoms with Crippen LogP contribution < -0.4 is 16.4 Å². The van der Waals surface area contributed by atoms with E-state index < -0.39 is 5.91 Å². The molecule has 24 heavy (non-hydrogen) atoms. The SMILES string of the molecule is CCNC(=NCc1ccc(Cl)cc1)NCc1ccc(C(N)=O)o1.I. The first-order valence-electron chi connectivity index (χ1n) is 7.23. The monoisotopic (exact) mass is 462 g/mol. The van der Waals surface area contributed by atoms with Gasteiger partial charge in [-0.2, -0.15) is 0 Å². The van der Waals surface area contributed by atoms with Crippen molar-refractivity contribution in [3.05, 3.63) is 58.5 Å². The Morgan fingerprint density at radius 2 is 1.92 bits per heavy atom. The van der Waals surface area contributed by atoms with Crippen LogP contribution in [-0.4, -0.2) is 18.4 Å². The average Bonchev–Trinajstić information content (AvgIpc) is 3.01. The third kappa shape index (κ3) is 6.40. The molecule has 0 aliphatic heterocycles. The maximum absolute atomic E-state index is 11.0. The molecule has 0 saturated carbocycles. The minimum Gasteiger partial charge on any atom is -0.454 e. The molecule has 6 nitrogen and oxygen atoms in total. The summed E-state index contributed by atoms with van der Waals surface area (Å²) in [5.74, 6) is 0.819. The maximum atomic E-state index is 11.0. The number of carbonyl (C=O) groups is 1. The van der Waals surface area contributed by atoms with Gasteiger partial charge < -0.3 is 20.8 Å². The molecule has 1 aromatic heterocycles. The fourth-order valence-electron chi connectivity index (χ4n) is 1.88. The number of guanidine groups is 1. The minimum atomic E-state index is -0.584. The van der Waals surface area contributed by atoms with Crippen LogP contribution in [0.5, 0.6) is 0 Å². The summed E-state index contributed by atoms with van der Waals surface area (Å²) < 4.78 is 5.32. The molecule has 4 N–H and O–H groups in total. The molecule has 0 aliphatic carbocycles. The molecule has 0 bridgehead atoms. The second-order valence-electron chi connectivity index (χ2n) is 4.81. The molecule has 8 heteroatoms. The van der Waals surface area contributed by atoms with Crippen molar-refractivity contribution in [2.24, 2.45) is 10.7 Å². The highest BCUT2D eigenvalue weighted by Crippen LogP contribution is 2.10. The van der Waals surface area contributed by atoms with Crippen LogP contribution in [0.15, 0.2) is 45.8 Å². The third-order valence-electron chi connectivity index (χ3n) is 3.01. The first kappa shape index (κ1) is 20.3. The molecule has 0 radical (unpaired) electrons. The number of rotatable bonds is 6. The lowest BCUT2D eigenvalue weighted by Gasteiger charge is -2.10. The molecule has 0 saturated heterocycles. The number of aliphatic imine (C=N–C) groups is 1. The number of halogens is 2. The number of furan rings is 1. The van der Waals surface area contributed by atoms with Crippen molar-refractivity contribution in [2.75, 3.05) is 6.54 Å². The number of benzene rings is 1. The fraction of sp³-hybridized carbons (Fsp3) is 0.250. The largest absolute Gasteiger partial charge is 0.454 e. The number of primary amides is 1. The Morgan fingerprint density at radius 1 is 1.21 bits per heavy atom. The summed E-state index contributed by atoms with van der Waals surface area (Å²) in [6.45, 7) is 3.64. The predicted molar refractivity (Wildman–Crippen MR) is 106 cm³/mol. The van der Waals surface area contributed by atoms with Crippen LogP contribution >= 0.6 is 35.6 Å². The van der Waals surface area contributed by atoms with E-state index in [1.54, 1.807) is 12.1 Å². The molecule has 2 rings (SSSR count). The molecule has 1 amide bonds. The Labute approximate surface area is 162 Å². The summed E-state index contributed by atoms with van der Waals surface area (Å²) in [5.41, 5.74) is 6.21. The van der Waals surface area contributed by atoms with E-state index in [0.717, 1.165) is 12.1 Å². The van der Waals surface area contributed by atoms with Crippen molar-refractivity contribution in [1.82, 2.24) is 10.6 Å². The number of hydrogen-bond donors (Lipinski definition) is 3. The second-order valence-corrected chi connectivity index (χ2v) is 5.24. The summed E-state index contributed by atoms with van der Waals surface area (Å²) in [7, 11) is 0. The van der Waals surface area contributed by atoms with Crippen LogP contribution in [0.4, 0.5) is 0 Å². The Bertz CT molecular complexity index is 686. The van der Waals surface area contributed by atoms with E-state index in [4.69, 9.17) is 21.8 Å². The molecule has 1 heterocycles. The number of nitrogens with two attached hydrogens (primary N) is 1. The van der Waals surface area contributed by atoms with Crippen LogP contribution in [0.25, 0.3) is 0 Å². The van der Waals surface area contributed by atoms with Crippen molar-refractivity contribution < 1.29 is 9.21 Å². The molecule has 130 valence electrons. The normalized spacial score (nSPS) is 10.8. The zero-order valence-electron chi connectivity index (χ0n) is 13.2. The molecule has 2 aromatic rings. The van der Waals surface area contributed by atoms with Gasteiger partial charge in [0.15, 0.2) is 11.7 Å². The zero-order chi connectivity index (χ0) is 16.7. The summed E-state index contributed by atoms with van der Waals surface area (Å²) in [4.78, 5) is 15.5. The highest BCUT2D eigenvalue weighted by molar-refractivity contribution is 14.0. The van der Waals surface area contributed by atoms with E-state index >= 15 is 0 Å². The quantitative estimate of drug-likeness (QED) is 0.350. The van der Waals surface area contributed by atoms with Gasteiger partial charge >= 0.3 is 0 Å². The molecule has 0 fully saturated rings. The molecule has 1 aromatic carbocycles. The van der Waals surface area contributed by atoms with Crippen LogP contribution in [0.2, 0.25) is 5.02 Å². The van der Waals surface area contributed by atoms with Gasteiger partial charge in [-0.05, 0) is 36.8 Å². The van der Waals surface area contributed by atoms with Gasteiger partial charge in [-0.1, -0.05) is 23.7 Å². The van der Waals surface area contributed by atoms with Gasteiger partial charge in [-0.25, -0.2) is 4.99 Å². The van der Waals surface area contributed by atoms with Gasteiger partial charge in [0.25, 0.3) is 5.91 Å². The van der Waals surface area contributed by atoms with Crippen molar-refractivity contribution in [3.8, 4) is 0 Å². The highest BCUT2D eigenvalue weighted by atomic mass is 127. The van der Waals surface area contributed by atoms with E-state index in [-0.39, 0.29) is 29.7 Å². The van der Waals surface area contributed by atoms with Crippen molar-refractivity contribution in [3.63, 3.8) is 0 Å². The molecule has 0 aliphatic rings. The van der Waals surface area contributed by atoms with Crippen LogP contribution in [0.3, 0.4) is 0 Å². The standard InChI is InChI=1S/C16H19ClN4O2.HI/c1-2-19-16(20-9-11-3-5-12(17)6-4-11)21-10-13-7-8-14(23-13)15(18)22;/h3-8H,2,9-10H2,1H3,(H2,18,22)(H2,19,20,21);1H. The maximum Gasteiger partial charge on any atom is 0.284 e. The average molecular weight is 463 g/mol. The molecule has 0 spiro atoms. The van der Waals surface area contributed by atoms with E-state index in [9.17, 15) is 4.79 Å². The molecular formula is C16H20ClIN4O2. The van der Waals surface area contributed by atoms with Gasteiger partial charge in [0.05, 0.1) is 13.1 Å². The topological polar surface area (TPSA) is 92.6 Å². The van der Waals surface area contributed by atoms with Crippen LogP contribution in [0.1, 0.15) is 28.8 Å². The predicted octanol–water partition coefficient (Wildman–Crippen LogP) is 2.91. The lowest BCUT2D eigenvalue weighted by molar-refractivity contribution is 0.0972. The van der Waals surface area contributed by atoms with E-state index in [1.165, 1.54) is 0 Å². The zero-order valence-corrected chi connectivity index (χ0v) is 16.3. The number of amides is 1. The van der Waals surface area contributed by atoms with Crippen molar-refractivity contribution >= 4 is 47.4 Å². The van der Waals surface area contributed by atoms with E-state index in [2.05, 4.69) is 15.6 Å². The van der Waals surface area contributed by atoms with Crippen molar-refractivity contribution in [2.45, 2.75) is 20.0 Å². The molecule has 0 atom stereocenters. The summed E-state index contributed by atoms with van der Waals surface area (Å²) >= 11 is 5.86. The fourth-order valence-corrected chi connectivity index (χ4v) is 2.00. The van der Waals surface area contributed by atoms with Gasteiger partial charge in [-0.15, -0.1) is 24.0 Å². The lowest BCUT2D eigenvalue weighted by atomic mass is 10.2. The molecule has 0 unspecified atom stereocenters. The van der Waals surface area contributed by atoms with Crippen LogP contribution in [0, 0.1) is 0 Å². The van der Waals surface area contributed by atoms with E-state index in [0.29, 0.717) is 29.8 Å². The number of nitrogens with one attached hydrogen (secondary N) is 2. The molecular weight excluding hydrogens is 443 g/mol. The van der Waals surface area contributed by atoms with Crippen LogP contribution in [-0.2, 0) is 13.1 Å². The first-order chi connectivity index (χ1) is 11.1. The summed E-state index contributed by atoms with van der Waals surface area (Å²) in [6, 6.07) is 10.8. The summed E-state index contributed by atoms with van der Waals surface area (Å²) in [5, 5.41) is 6.98. The van der Waals surface area contributed by atoms with Gasteiger partial charge in [0.2, 0.25) is 0 Å². The number of hydrogen-bond acceptors (Lipinski definition) is 3. The highest BCUT2D eigenvalue weighted by Gasteiger charge is 2.07. The van der Waals surface area contributed by atoms with Gasteiger partial charge in [-0.3, -0.25) is 4.79 Å². The number of nitrogens with zero attached hydrogens (tertiary/aromatic N) is 1. The summed E-state index contributed by atoms with van der Waals surface area (Å²) in [6.07, 6.45) is 0. The first-order valence-corrected chi connectivity index (χ1v) is 7.61. The van der Waals surface area contributed by atoms with Crippen molar-refractivity contribution in [1.29, 1.82) is 0 Å². The Morgan fingerprint density at radius 3 is 2.50 bits per heavy atom. The second kappa shape index (κ2) is 10.2. The number of carbonyl (C=O) groups excluding carboxylic acids is 1. The lowest BCUT2D eigenvalue weighted by Crippen LogP contribution is -2.36. The minimum absolute atomic E-state index is 0. The Hall–Kier alpha value is -1.74. The smallest absolute Gasteiger partial charge is 0.284 e.